The fraction of sp³-hybridized carbons (Fsp3) is 0.391. The van der Waals surface area contributed by atoms with Crippen molar-refractivity contribution < 1.29 is 9.59 Å². The molecule has 0 atom stereocenters. The zero-order valence-electron chi connectivity index (χ0n) is 17.3. The Hall–Kier alpha value is -2.70. The number of benzene rings is 2. The van der Waals surface area contributed by atoms with Crippen LogP contribution in [0.25, 0.3) is 0 Å². The van der Waals surface area contributed by atoms with Crippen molar-refractivity contribution in [2.24, 2.45) is 0 Å². The molecule has 0 saturated carbocycles. The molecule has 6 heteroatoms. The molecular formula is C23H30N4O2. The molecule has 1 aliphatic heterocycles. The van der Waals surface area contributed by atoms with Gasteiger partial charge in [0, 0.05) is 58.9 Å². The molecule has 2 amide bonds. The summed E-state index contributed by atoms with van der Waals surface area (Å²) in [5, 5.41) is 2.98. The number of hydrogen-bond acceptors (Lipinski definition) is 4. The van der Waals surface area contributed by atoms with Gasteiger partial charge in [-0.25, -0.2) is 0 Å². The van der Waals surface area contributed by atoms with Gasteiger partial charge in [-0.1, -0.05) is 42.5 Å². The number of nitrogens with one attached hydrogen (secondary N) is 1. The number of amides is 2. The van der Waals surface area contributed by atoms with Gasteiger partial charge in [-0.3, -0.25) is 19.4 Å². The van der Waals surface area contributed by atoms with Crippen molar-refractivity contribution in [3.05, 3.63) is 71.3 Å². The second-order valence-corrected chi connectivity index (χ2v) is 7.71. The minimum Gasteiger partial charge on any atom is -0.351 e. The molecule has 0 spiro atoms. The molecule has 154 valence electrons. The first-order valence-corrected chi connectivity index (χ1v) is 10.1. The molecule has 0 radical (unpaired) electrons. The summed E-state index contributed by atoms with van der Waals surface area (Å²) < 4.78 is 0. The van der Waals surface area contributed by atoms with Crippen molar-refractivity contribution in [3.63, 3.8) is 0 Å². The summed E-state index contributed by atoms with van der Waals surface area (Å²) in [7, 11) is 3.47. The molecule has 0 bridgehead atoms. The third-order valence-corrected chi connectivity index (χ3v) is 5.18. The lowest BCUT2D eigenvalue weighted by molar-refractivity contribution is -0.122. The number of carbonyl (C=O) groups is 2. The van der Waals surface area contributed by atoms with Gasteiger partial charge in [-0.2, -0.15) is 0 Å². The molecule has 0 unspecified atom stereocenters. The maximum Gasteiger partial charge on any atom is 0.253 e. The summed E-state index contributed by atoms with van der Waals surface area (Å²) in [6.45, 7) is 5.63. The molecule has 1 N–H and O–H groups in total. The van der Waals surface area contributed by atoms with Gasteiger partial charge in [-0.05, 0) is 23.3 Å². The zero-order chi connectivity index (χ0) is 20.6. The van der Waals surface area contributed by atoms with E-state index in [1.807, 2.05) is 18.2 Å². The van der Waals surface area contributed by atoms with Crippen LogP contribution in [0.5, 0.6) is 0 Å². The van der Waals surface area contributed by atoms with E-state index in [9.17, 15) is 9.59 Å². The third-order valence-electron chi connectivity index (χ3n) is 5.18. The van der Waals surface area contributed by atoms with Crippen LogP contribution < -0.4 is 5.32 Å². The molecule has 1 fully saturated rings. The average Bonchev–Trinajstić information content (AvgIpc) is 2.74. The second kappa shape index (κ2) is 10.2. The van der Waals surface area contributed by atoms with E-state index in [1.165, 1.54) is 5.56 Å². The number of rotatable bonds is 7. The van der Waals surface area contributed by atoms with Crippen LogP contribution in [0.15, 0.2) is 54.6 Å². The van der Waals surface area contributed by atoms with Crippen LogP contribution in [0.2, 0.25) is 0 Å². The Labute approximate surface area is 173 Å². The van der Waals surface area contributed by atoms with Crippen LogP contribution in [0.1, 0.15) is 21.5 Å². The van der Waals surface area contributed by atoms with Gasteiger partial charge in [0.25, 0.3) is 5.91 Å². The first-order chi connectivity index (χ1) is 14.0. The van der Waals surface area contributed by atoms with Gasteiger partial charge >= 0.3 is 0 Å². The van der Waals surface area contributed by atoms with Crippen molar-refractivity contribution in [1.82, 2.24) is 20.0 Å². The van der Waals surface area contributed by atoms with E-state index in [2.05, 4.69) is 39.4 Å². The van der Waals surface area contributed by atoms with Crippen LogP contribution in [0.4, 0.5) is 0 Å². The van der Waals surface area contributed by atoms with Crippen molar-refractivity contribution in [1.29, 1.82) is 0 Å². The Kier molecular flexibility index (Phi) is 7.38. The van der Waals surface area contributed by atoms with Crippen LogP contribution in [0, 0.1) is 0 Å². The average molecular weight is 395 g/mol. The van der Waals surface area contributed by atoms with E-state index in [4.69, 9.17) is 0 Å². The molecule has 1 saturated heterocycles. The Bertz CT molecular complexity index is 797. The molecule has 0 aliphatic carbocycles. The minimum absolute atomic E-state index is 0.0213. The summed E-state index contributed by atoms with van der Waals surface area (Å²) in [4.78, 5) is 30.4. The molecular weight excluding hydrogens is 364 g/mol. The predicted octanol–water partition coefficient (Wildman–Crippen LogP) is 1.82. The fourth-order valence-corrected chi connectivity index (χ4v) is 3.43. The first-order valence-electron chi connectivity index (χ1n) is 10.1. The number of nitrogens with zero attached hydrogens (tertiary/aromatic N) is 3. The minimum atomic E-state index is -0.0213. The Morgan fingerprint density at radius 1 is 0.862 bits per heavy atom. The molecule has 2 aromatic rings. The summed E-state index contributed by atoms with van der Waals surface area (Å²) >= 11 is 0. The standard InChI is InChI=1S/C23H30N4O2/c1-25(2)23(29)21-10-8-19(9-11-21)16-24-22(28)18-27-14-12-26(13-15-27)17-20-6-4-3-5-7-20/h3-11H,12-18H2,1-2H3,(H,24,28). The van der Waals surface area contributed by atoms with E-state index < -0.39 is 0 Å². The molecule has 29 heavy (non-hydrogen) atoms. The summed E-state index contributed by atoms with van der Waals surface area (Å²) in [5.41, 5.74) is 2.97. The van der Waals surface area contributed by atoms with Crippen molar-refractivity contribution in [2.45, 2.75) is 13.1 Å². The molecule has 1 aliphatic rings. The van der Waals surface area contributed by atoms with Gasteiger partial charge in [0.2, 0.25) is 5.91 Å². The third kappa shape index (κ3) is 6.41. The summed E-state index contributed by atoms with van der Waals surface area (Å²) in [5.74, 6) is 0.0157. The van der Waals surface area contributed by atoms with Crippen molar-refractivity contribution in [2.75, 3.05) is 46.8 Å². The Balaban J connectivity index is 1.37. The quantitative estimate of drug-likeness (QED) is 0.778. The number of hydrogen-bond donors (Lipinski definition) is 1. The van der Waals surface area contributed by atoms with Gasteiger partial charge in [0.1, 0.15) is 0 Å². The van der Waals surface area contributed by atoms with Crippen LogP contribution in [0.3, 0.4) is 0 Å². The smallest absolute Gasteiger partial charge is 0.253 e. The van der Waals surface area contributed by atoms with Gasteiger partial charge in [-0.15, -0.1) is 0 Å². The molecule has 3 rings (SSSR count). The van der Waals surface area contributed by atoms with Crippen LogP contribution >= 0.6 is 0 Å². The molecule has 2 aromatic carbocycles. The summed E-state index contributed by atoms with van der Waals surface area (Å²) in [6.07, 6.45) is 0. The van der Waals surface area contributed by atoms with E-state index in [-0.39, 0.29) is 11.8 Å². The lowest BCUT2D eigenvalue weighted by Gasteiger charge is -2.34. The Morgan fingerprint density at radius 2 is 1.48 bits per heavy atom. The highest BCUT2D eigenvalue weighted by Crippen LogP contribution is 2.09. The maximum atomic E-state index is 12.3. The largest absolute Gasteiger partial charge is 0.351 e. The van der Waals surface area contributed by atoms with E-state index >= 15 is 0 Å². The molecule has 0 aromatic heterocycles. The van der Waals surface area contributed by atoms with E-state index in [0.717, 1.165) is 38.3 Å². The van der Waals surface area contributed by atoms with Gasteiger partial charge < -0.3 is 10.2 Å². The van der Waals surface area contributed by atoms with Gasteiger partial charge in [0.15, 0.2) is 0 Å². The monoisotopic (exact) mass is 394 g/mol. The highest BCUT2D eigenvalue weighted by molar-refractivity contribution is 5.93. The summed E-state index contributed by atoms with van der Waals surface area (Å²) in [6, 6.07) is 17.9. The van der Waals surface area contributed by atoms with Crippen molar-refractivity contribution >= 4 is 11.8 Å². The van der Waals surface area contributed by atoms with Gasteiger partial charge in [0.05, 0.1) is 6.54 Å². The predicted molar refractivity (Wildman–Crippen MR) is 114 cm³/mol. The fourth-order valence-electron chi connectivity index (χ4n) is 3.43. The van der Waals surface area contributed by atoms with E-state index in [0.29, 0.717) is 18.7 Å². The van der Waals surface area contributed by atoms with Crippen LogP contribution in [-0.2, 0) is 17.9 Å². The highest BCUT2D eigenvalue weighted by Gasteiger charge is 2.19. The first kappa shape index (κ1) is 21.0. The topological polar surface area (TPSA) is 55.9 Å². The second-order valence-electron chi connectivity index (χ2n) is 7.71. The Morgan fingerprint density at radius 3 is 2.10 bits per heavy atom. The highest BCUT2D eigenvalue weighted by atomic mass is 16.2. The number of carbonyl (C=O) groups excluding carboxylic acids is 2. The lowest BCUT2D eigenvalue weighted by Crippen LogP contribution is -2.49. The van der Waals surface area contributed by atoms with Crippen LogP contribution in [-0.4, -0.2) is 73.3 Å². The normalized spacial score (nSPS) is 15.1. The molecule has 6 nitrogen and oxygen atoms in total. The molecule has 1 heterocycles. The number of piperazine rings is 1. The van der Waals surface area contributed by atoms with Crippen molar-refractivity contribution in [3.8, 4) is 0 Å². The maximum absolute atomic E-state index is 12.3. The lowest BCUT2D eigenvalue weighted by atomic mass is 10.1. The SMILES string of the molecule is CN(C)C(=O)c1ccc(CNC(=O)CN2CCN(Cc3ccccc3)CC2)cc1. The zero-order valence-corrected chi connectivity index (χ0v) is 17.3. The van der Waals surface area contributed by atoms with E-state index in [1.54, 1.807) is 31.1 Å².